The highest BCUT2D eigenvalue weighted by Crippen LogP contribution is 2.26. The maximum atomic E-state index is 11.8. The number of piperazine rings is 1. The number of anilines is 2. The van der Waals surface area contributed by atoms with E-state index in [2.05, 4.69) is 5.32 Å². The Balaban J connectivity index is 2.38. The molecular formula is C12H15N3O2. The van der Waals surface area contributed by atoms with Crippen LogP contribution in [0.25, 0.3) is 0 Å². The van der Waals surface area contributed by atoms with Crippen LogP contribution >= 0.6 is 0 Å². The molecule has 0 unspecified atom stereocenters. The molecule has 0 aliphatic carbocycles. The maximum absolute atomic E-state index is 11.8. The van der Waals surface area contributed by atoms with E-state index in [1.165, 1.54) is 0 Å². The monoisotopic (exact) mass is 233 g/mol. The summed E-state index contributed by atoms with van der Waals surface area (Å²) in [5, 5.41) is 2.34. The number of rotatable bonds is 1. The van der Waals surface area contributed by atoms with Crippen molar-refractivity contribution in [1.29, 1.82) is 0 Å². The van der Waals surface area contributed by atoms with Crippen molar-refractivity contribution in [3.63, 3.8) is 0 Å². The molecule has 1 saturated heterocycles. The van der Waals surface area contributed by atoms with Crippen LogP contribution in [0, 0.1) is 0 Å². The van der Waals surface area contributed by atoms with Gasteiger partial charge < -0.3 is 10.6 Å². The van der Waals surface area contributed by atoms with E-state index in [0.29, 0.717) is 5.69 Å². The van der Waals surface area contributed by atoms with Crippen LogP contribution in [0.15, 0.2) is 24.3 Å². The molecule has 1 fully saturated rings. The Morgan fingerprint density at radius 2 is 1.82 bits per heavy atom. The molecule has 1 heterocycles. The lowest BCUT2D eigenvalue weighted by Gasteiger charge is -2.41. The summed E-state index contributed by atoms with van der Waals surface area (Å²) in [6.07, 6.45) is 0. The van der Waals surface area contributed by atoms with Gasteiger partial charge in [-0.1, -0.05) is 0 Å². The van der Waals surface area contributed by atoms with Gasteiger partial charge in [0, 0.05) is 11.4 Å². The topological polar surface area (TPSA) is 75.4 Å². The molecule has 0 spiro atoms. The predicted molar refractivity (Wildman–Crippen MR) is 65.4 cm³/mol. The lowest BCUT2D eigenvalue weighted by Crippen LogP contribution is -2.64. The van der Waals surface area contributed by atoms with Gasteiger partial charge in [0.05, 0.1) is 6.54 Å². The first-order chi connectivity index (χ1) is 7.91. The van der Waals surface area contributed by atoms with Crippen molar-refractivity contribution >= 4 is 23.2 Å². The van der Waals surface area contributed by atoms with Gasteiger partial charge in [0.15, 0.2) is 0 Å². The molecule has 0 atom stereocenters. The largest absolute Gasteiger partial charge is 0.399 e. The standard InChI is InChI=1S/C12H15N3O2/c1-12(2)11(17)14-10(16)7-15(12)9-5-3-8(13)4-6-9/h3-6H,7,13H2,1-2H3,(H,14,16,17). The lowest BCUT2D eigenvalue weighted by molar-refractivity contribution is -0.135. The zero-order valence-electron chi connectivity index (χ0n) is 9.86. The summed E-state index contributed by atoms with van der Waals surface area (Å²) in [6.45, 7) is 3.74. The van der Waals surface area contributed by atoms with E-state index in [4.69, 9.17) is 5.73 Å². The molecule has 0 bridgehead atoms. The van der Waals surface area contributed by atoms with Crippen LogP contribution < -0.4 is 16.0 Å². The van der Waals surface area contributed by atoms with Crippen molar-refractivity contribution in [2.45, 2.75) is 19.4 Å². The number of carbonyl (C=O) groups is 2. The second-order valence-electron chi connectivity index (χ2n) is 4.61. The average molecular weight is 233 g/mol. The Hall–Kier alpha value is -2.04. The molecular weight excluding hydrogens is 218 g/mol. The molecule has 1 aliphatic heterocycles. The number of nitrogen functional groups attached to an aromatic ring is 1. The first-order valence-corrected chi connectivity index (χ1v) is 5.39. The summed E-state index contributed by atoms with van der Waals surface area (Å²) < 4.78 is 0. The third kappa shape index (κ3) is 1.95. The third-order valence-electron chi connectivity index (χ3n) is 2.99. The average Bonchev–Trinajstić information content (AvgIpc) is 2.25. The second kappa shape index (κ2) is 3.76. The Morgan fingerprint density at radius 3 is 2.41 bits per heavy atom. The fourth-order valence-corrected chi connectivity index (χ4v) is 1.85. The molecule has 17 heavy (non-hydrogen) atoms. The summed E-state index contributed by atoms with van der Waals surface area (Å²) in [7, 11) is 0. The number of hydrogen-bond donors (Lipinski definition) is 2. The fourth-order valence-electron chi connectivity index (χ4n) is 1.85. The molecule has 1 aromatic rings. The highest BCUT2D eigenvalue weighted by molar-refractivity contribution is 6.06. The Kier molecular flexibility index (Phi) is 2.53. The van der Waals surface area contributed by atoms with Crippen LogP contribution in [0.4, 0.5) is 11.4 Å². The lowest BCUT2D eigenvalue weighted by atomic mass is 9.97. The number of nitrogens with one attached hydrogen (secondary N) is 1. The van der Waals surface area contributed by atoms with Gasteiger partial charge in [-0.25, -0.2) is 0 Å². The van der Waals surface area contributed by atoms with Gasteiger partial charge in [-0.15, -0.1) is 0 Å². The third-order valence-corrected chi connectivity index (χ3v) is 2.99. The molecule has 2 amide bonds. The smallest absolute Gasteiger partial charge is 0.251 e. The van der Waals surface area contributed by atoms with Crippen LogP contribution in [-0.2, 0) is 9.59 Å². The van der Waals surface area contributed by atoms with Crippen molar-refractivity contribution in [2.75, 3.05) is 17.2 Å². The zero-order valence-corrected chi connectivity index (χ0v) is 9.86. The van der Waals surface area contributed by atoms with E-state index in [1.54, 1.807) is 30.9 Å². The molecule has 0 aromatic heterocycles. The van der Waals surface area contributed by atoms with E-state index < -0.39 is 5.54 Å². The van der Waals surface area contributed by atoms with Crippen LogP contribution in [-0.4, -0.2) is 23.9 Å². The van der Waals surface area contributed by atoms with Crippen molar-refractivity contribution in [3.05, 3.63) is 24.3 Å². The minimum atomic E-state index is -0.746. The number of benzene rings is 1. The molecule has 1 aliphatic rings. The number of nitrogens with zero attached hydrogens (tertiary/aromatic N) is 1. The first kappa shape index (κ1) is 11.4. The highest BCUT2D eigenvalue weighted by atomic mass is 16.2. The fraction of sp³-hybridized carbons (Fsp3) is 0.333. The van der Waals surface area contributed by atoms with E-state index in [9.17, 15) is 9.59 Å². The van der Waals surface area contributed by atoms with Crippen molar-refractivity contribution in [3.8, 4) is 0 Å². The molecule has 2 rings (SSSR count). The van der Waals surface area contributed by atoms with E-state index in [-0.39, 0.29) is 18.4 Å². The quantitative estimate of drug-likeness (QED) is 0.547. The Labute approximate surface area is 99.6 Å². The number of amides is 2. The zero-order chi connectivity index (χ0) is 12.6. The van der Waals surface area contributed by atoms with Crippen LogP contribution in [0.5, 0.6) is 0 Å². The predicted octanol–water partition coefficient (Wildman–Crippen LogP) is 0.510. The number of carbonyl (C=O) groups excluding carboxylic acids is 2. The van der Waals surface area contributed by atoms with E-state index in [1.807, 2.05) is 12.1 Å². The van der Waals surface area contributed by atoms with Gasteiger partial charge in [-0.2, -0.15) is 0 Å². The van der Waals surface area contributed by atoms with Gasteiger partial charge in [-0.05, 0) is 38.1 Å². The molecule has 90 valence electrons. The maximum Gasteiger partial charge on any atom is 0.251 e. The van der Waals surface area contributed by atoms with Crippen molar-refractivity contribution in [1.82, 2.24) is 5.32 Å². The Morgan fingerprint density at radius 1 is 1.24 bits per heavy atom. The summed E-state index contributed by atoms with van der Waals surface area (Å²) >= 11 is 0. The second-order valence-corrected chi connectivity index (χ2v) is 4.61. The molecule has 5 nitrogen and oxygen atoms in total. The SMILES string of the molecule is CC1(C)C(=O)NC(=O)CN1c1ccc(N)cc1. The van der Waals surface area contributed by atoms with Gasteiger partial charge in [0.2, 0.25) is 5.91 Å². The Bertz CT molecular complexity index is 465. The molecule has 0 radical (unpaired) electrons. The molecule has 1 aromatic carbocycles. The van der Waals surface area contributed by atoms with Crippen LogP contribution in [0.3, 0.4) is 0 Å². The number of hydrogen-bond acceptors (Lipinski definition) is 4. The van der Waals surface area contributed by atoms with Crippen LogP contribution in [0.1, 0.15) is 13.8 Å². The summed E-state index contributed by atoms with van der Waals surface area (Å²) in [4.78, 5) is 25.0. The van der Waals surface area contributed by atoms with Crippen molar-refractivity contribution in [2.24, 2.45) is 0 Å². The minimum Gasteiger partial charge on any atom is -0.399 e. The normalized spacial score (nSPS) is 19.1. The molecule has 0 saturated carbocycles. The summed E-state index contributed by atoms with van der Waals surface area (Å²) in [6, 6.07) is 7.12. The van der Waals surface area contributed by atoms with Gasteiger partial charge in [-0.3, -0.25) is 14.9 Å². The van der Waals surface area contributed by atoms with Crippen LogP contribution in [0.2, 0.25) is 0 Å². The van der Waals surface area contributed by atoms with E-state index >= 15 is 0 Å². The van der Waals surface area contributed by atoms with Gasteiger partial charge in [0.1, 0.15) is 5.54 Å². The summed E-state index contributed by atoms with van der Waals surface area (Å²) in [5.74, 6) is -0.572. The number of nitrogens with two attached hydrogens (primary N) is 1. The highest BCUT2D eigenvalue weighted by Gasteiger charge is 2.40. The van der Waals surface area contributed by atoms with Gasteiger partial charge in [0.25, 0.3) is 5.91 Å². The van der Waals surface area contributed by atoms with Gasteiger partial charge >= 0.3 is 0 Å². The van der Waals surface area contributed by atoms with Crippen molar-refractivity contribution < 1.29 is 9.59 Å². The number of imide groups is 1. The first-order valence-electron chi connectivity index (χ1n) is 5.39. The molecule has 3 N–H and O–H groups in total. The summed E-state index contributed by atoms with van der Waals surface area (Å²) in [5.41, 5.74) is 6.33. The molecule has 5 heteroatoms. The minimum absolute atomic E-state index is 0.169. The van der Waals surface area contributed by atoms with E-state index in [0.717, 1.165) is 5.69 Å².